The zero-order valence-electron chi connectivity index (χ0n) is 12.8. The SMILES string of the molecule is CC(C)COC1CC(Nc2cccc(C#N)c2)C1(C)C. The zero-order chi connectivity index (χ0) is 14.8. The number of hydrogen-bond donors (Lipinski definition) is 1. The molecule has 1 N–H and O–H groups in total. The lowest BCUT2D eigenvalue weighted by atomic mass is 9.64. The van der Waals surface area contributed by atoms with Crippen LogP contribution in [0.4, 0.5) is 5.69 Å². The summed E-state index contributed by atoms with van der Waals surface area (Å²) < 4.78 is 5.98. The number of ether oxygens (including phenoxy) is 1. The summed E-state index contributed by atoms with van der Waals surface area (Å²) >= 11 is 0. The van der Waals surface area contributed by atoms with E-state index in [1.54, 1.807) is 0 Å². The smallest absolute Gasteiger partial charge is 0.0992 e. The van der Waals surface area contributed by atoms with Crippen molar-refractivity contribution in [2.75, 3.05) is 11.9 Å². The van der Waals surface area contributed by atoms with E-state index in [1.165, 1.54) is 0 Å². The molecular formula is C17H24N2O. The molecule has 0 heterocycles. The molecule has 0 aromatic heterocycles. The Balaban J connectivity index is 1.94. The molecule has 1 aromatic rings. The van der Waals surface area contributed by atoms with E-state index in [4.69, 9.17) is 10.00 Å². The number of anilines is 1. The first-order chi connectivity index (χ1) is 9.43. The van der Waals surface area contributed by atoms with Crippen LogP contribution in [0.15, 0.2) is 24.3 Å². The number of nitriles is 1. The van der Waals surface area contributed by atoms with E-state index in [-0.39, 0.29) is 5.41 Å². The highest BCUT2D eigenvalue weighted by Crippen LogP contribution is 2.44. The fraction of sp³-hybridized carbons (Fsp3) is 0.588. The minimum absolute atomic E-state index is 0.123. The van der Waals surface area contributed by atoms with Crippen LogP contribution in [-0.4, -0.2) is 18.8 Å². The van der Waals surface area contributed by atoms with Crippen molar-refractivity contribution in [2.45, 2.75) is 46.3 Å². The van der Waals surface area contributed by atoms with Crippen molar-refractivity contribution in [2.24, 2.45) is 11.3 Å². The second-order valence-corrected chi connectivity index (χ2v) is 6.66. The van der Waals surface area contributed by atoms with Crippen molar-refractivity contribution in [1.29, 1.82) is 5.26 Å². The Kier molecular flexibility index (Phi) is 4.35. The Morgan fingerprint density at radius 2 is 2.20 bits per heavy atom. The molecule has 0 bridgehead atoms. The third-order valence-electron chi connectivity index (χ3n) is 4.14. The third kappa shape index (κ3) is 3.13. The molecule has 1 aliphatic rings. The van der Waals surface area contributed by atoms with E-state index >= 15 is 0 Å². The van der Waals surface area contributed by atoms with Gasteiger partial charge < -0.3 is 10.1 Å². The first-order valence-electron chi connectivity index (χ1n) is 7.31. The second kappa shape index (κ2) is 5.85. The van der Waals surface area contributed by atoms with Crippen LogP contribution in [0.25, 0.3) is 0 Å². The molecule has 0 aliphatic heterocycles. The summed E-state index contributed by atoms with van der Waals surface area (Å²) in [5.41, 5.74) is 1.83. The highest BCUT2D eigenvalue weighted by molar-refractivity contribution is 5.50. The van der Waals surface area contributed by atoms with Gasteiger partial charge in [-0.05, 0) is 30.5 Å². The molecule has 108 valence electrons. The first kappa shape index (κ1) is 14.9. The number of nitrogens with one attached hydrogen (secondary N) is 1. The van der Waals surface area contributed by atoms with Crippen LogP contribution in [0.5, 0.6) is 0 Å². The topological polar surface area (TPSA) is 45.0 Å². The van der Waals surface area contributed by atoms with E-state index in [0.29, 0.717) is 23.6 Å². The van der Waals surface area contributed by atoms with Crippen LogP contribution >= 0.6 is 0 Å². The molecule has 1 aromatic carbocycles. The lowest BCUT2D eigenvalue weighted by molar-refractivity contribution is -0.108. The number of benzene rings is 1. The number of rotatable bonds is 5. The van der Waals surface area contributed by atoms with Gasteiger partial charge in [-0.25, -0.2) is 0 Å². The van der Waals surface area contributed by atoms with E-state index in [9.17, 15) is 0 Å². The predicted molar refractivity (Wildman–Crippen MR) is 81.5 cm³/mol. The average molecular weight is 272 g/mol. The van der Waals surface area contributed by atoms with Crippen LogP contribution in [0.1, 0.15) is 39.7 Å². The van der Waals surface area contributed by atoms with Crippen LogP contribution in [0.3, 0.4) is 0 Å². The fourth-order valence-corrected chi connectivity index (χ4v) is 2.60. The zero-order valence-corrected chi connectivity index (χ0v) is 12.8. The van der Waals surface area contributed by atoms with Crippen molar-refractivity contribution >= 4 is 5.69 Å². The van der Waals surface area contributed by atoms with E-state index in [0.717, 1.165) is 18.7 Å². The van der Waals surface area contributed by atoms with Gasteiger partial charge in [0.25, 0.3) is 0 Å². The molecule has 2 rings (SSSR count). The number of nitrogens with zero attached hydrogens (tertiary/aromatic N) is 1. The predicted octanol–water partition coefficient (Wildman–Crippen LogP) is 3.81. The van der Waals surface area contributed by atoms with Crippen LogP contribution in [0, 0.1) is 22.7 Å². The molecular weight excluding hydrogens is 248 g/mol. The summed E-state index contributed by atoms with van der Waals surface area (Å²) in [4.78, 5) is 0. The maximum atomic E-state index is 8.94. The van der Waals surface area contributed by atoms with Crippen LogP contribution in [-0.2, 0) is 4.74 Å². The Hall–Kier alpha value is -1.53. The number of hydrogen-bond acceptors (Lipinski definition) is 3. The van der Waals surface area contributed by atoms with Gasteiger partial charge in [0.2, 0.25) is 0 Å². The molecule has 0 amide bonds. The maximum absolute atomic E-state index is 8.94. The molecule has 1 fully saturated rings. The Morgan fingerprint density at radius 3 is 2.80 bits per heavy atom. The summed E-state index contributed by atoms with van der Waals surface area (Å²) in [6.45, 7) is 9.66. The molecule has 0 spiro atoms. The minimum Gasteiger partial charge on any atom is -0.382 e. The average Bonchev–Trinajstić information content (AvgIpc) is 2.42. The summed E-state index contributed by atoms with van der Waals surface area (Å²) in [6.07, 6.45) is 1.35. The quantitative estimate of drug-likeness (QED) is 0.886. The van der Waals surface area contributed by atoms with Gasteiger partial charge in [-0.2, -0.15) is 5.26 Å². The third-order valence-corrected chi connectivity index (χ3v) is 4.14. The van der Waals surface area contributed by atoms with Gasteiger partial charge >= 0.3 is 0 Å². The van der Waals surface area contributed by atoms with E-state index in [2.05, 4.69) is 39.1 Å². The van der Waals surface area contributed by atoms with Crippen molar-refractivity contribution in [1.82, 2.24) is 0 Å². The molecule has 2 atom stereocenters. The van der Waals surface area contributed by atoms with E-state index < -0.39 is 0 Å². The fourth-order valence-electron chi connectivity index (χ4n) is 2.60. The molecule has 3 nitrogen and oxygen atoms in total. The molecule has 0 radical (unpaired) electrons. The monoisotopic (exact) mass is 272 g/mol. The molecule has 3 heteroatoms. The lowest BCUT2D eigenvalue weighted by Crippen LogP contribution is -2.58. The lowest BCUT2D eigenvalue weighted by Gasteiger charge is -2.52. The van der Waals surface area contributed by atoms with Crippen LogP contribution in [0.2, 0.25) is 0 Å². The van der Waals surface area contributed by atoms with Gasteiger partial charge in [-0.15, -0.1) is 0 Å². The van der Waals surface area contributed by atoms with Gasteiger partial charge in [0.15, 0.2) is 0 Å². The van der Waals surface area contributed by atoms with Crippen molar-refractivity contribution in [3.05, 3.63) is 29.8 Å². The normalized spacial score (nSPS) is 24.0. The summed E-state index contributed by atoms with van der Waals surface area (Å²) in [5, 5.41) is 12.5. The van der Waals surface area contributed by atoms with Crippen molar-refractivity contribution in [3.63, 3.8) is 0 Å². The Morgan fingerprint density at radius 1 is 1.45 bits per heavy atom. The van der Waals surface area contributed by atoms with Crippen molar-refractivity contribution in [3.8, 4) is 6.07 Å². The van der Waals surface area contributed by atoms with Gasteiger partial charge in [0.05, 0.1) is 17.7 Å². The van der Waals surface area contributed by atoms with Gasteiger partial charge in [-0.1, -0.05) is 33.8 Å². The van der Waals surface area contributed by atoms with Gasteiger partial charge in [0, 0.05) is 23.8 Å². The largest absolute Gasteiger partial charge is 0.382 e. The van der Waals surface area contributed by atoms with Crippen LogP contribution < -0.4 is 5.32 Å². The highest BCUT2D eigenvalue weighted by atomic mass is 16.5. The van der Waals surface area contributed by atoms with E-state index in [1.807, 2.05) is 24.3 Å². The van der Waals surface area contributed by atoms with Crippen molar-refractivity contribution < 1.29 is 4.74 Å². The standard InChI is InChI=1S/C17H24N2O/c1-12(2)11-20-16-9-15(17(16,3)4)19-14-7-5-6-13(8-14)10-18/h5-8,12,15-16,19H,9,11H2,1-4H3. The molecule has 1 saturated carbocycles. The summed E-state index contributed by atoms with van der Waals surface area (Å²) in [7, 11) is 0. The summed E-state index contributed by atoms with van der Waals surface area (Å²) in [5.74, 6) is 0.574. The highest BCUT2D eigenvalue weighted by Gasteiger charge is 2.49. The Bertz CT molecular complexity index is 502. The maximum Gasteiger partial charge on any atom is 0.0992 e. The molecule has 0 saturated heterocycles. The first-order valence-corrected chi connectivity index (χ1v) is 7.31. The Labute approximate surface area is 121 Å². The molecule has 2 unspecified atom stereocenters. The molecule has 20 heavy (non-hydrogen) atoms. The summed E-state index contributed by atoms with van der Waals surface area (Å²) in [6, 6.07) is 10.2. The minimum atomic E-state index is 0.123. The molecule has 1 aliphatic carbocycles. The second-order valence-electron chi connectivity index (χ2n) is 6.66. The van der Waals surface area contributed by atoms with Gasteiger partial charge in [0.1, 0.15) is 0 Å². The van der Waals surface area contributed by atoms with Gasteiger partial charge in [-0.3, -0.25) is 0 Å².